The van der Waals surface area contributed by atoms with Crippen LogP contribution in [0.4, 0.5) is 16.2 Å². The molecule has 2 aromatic rings. The van der Waals surface area contributed by atoms with Crippen molar-refractivity contribution in [3.8, 4) is 10.4 Å². The molecule has 1 aliphatic rings. The largest absolute Gasteiger partial charge is 0.418 e. The molecule has 0 atom stereocenters. The maximum absolute atomic E-state index is 11.7. The Labute approximate surface area is 120 Å². The van der Waals surface area contributed by atoms with Gasteiger partial charge in [-0.15, -0.1) is 11.3 Å². The predicted molar refractivity (Wildman–Crippen MR) is 81.6 cm³/mol. The van der Waals surface area contributed by atoms with E-state index in [9.17, 15) is 4.79 Å². The molecule has 0 spiro atoms. The van der Waals surface area contributed by atoms with Crippen molar-refractivity contribution in [1.82, 2.24) is 0 Å². The van der Waals surface area contributed by atoms with Gasteiger partial charge in [-0.3, -0.25) is 5.32 Å². The van der Waals surface area contributed by atoms with Gasteiger partial charge >= 0.3 is 6.09 Å². The summed E-state index contributed by atoms with van der Waals surface area (Å²) < 4.78 is 4.99. The van der Waals surface area contributed by atoms with Gasteiger partial charge in [0, 0.05) is 4.88 Å². The molecule has 5 heteroatoms. The van der Waals surface area contributed by atoms with Gasteiger partial charge in [-0.2, -0.15) is 0 Å². The van der Waals surface area contributed by atoms with Crippen molar-refractivity contribution in [2.45, 2.75) is 12.8 Å². The van der Waals surface area contributed by atoms with Gasteiger partial charge in [-0.25, -0.2) is 4.79 Å². The van der Waals surface area contributed by atoms with Gasteiger partial charge in [0.05, 0.1) is 17.6 Å². The second-order valence-corrected chi connectivity index (χ2v) is 5.53. The zero-order chi connectivity index (χ0) is 13.9. The minimum Gasteiger partial charge on any atom is -0.418 e. The first-order chi connectivity index (χ1) is 9.72. The molecule has 0 bridgehead atoms. The number of amides is 1. The molecule has 1 aromatic heterocycles. The van der Waals surface area contributed by atoms with Crippen molar-refractivity contribution in [1.29, 1.82) is 0 Å². The number of carbonyl (C=O) groups excluding carboxylic acids is 1. The number of ether oxygens (including phenoxy) is 1. The van der Waals surface area contributed by atoms with Gasteiger partial charge in [-0.1, -0.05) is 12.1 Å². The number of rotatable bonds is 3. The summed E-state index contributed by atoms with van der Waals surface area (Å²) in [5.41, 5.74) is 9.13. The highest BCUT2D eigenvalue weighted by molar-refractivity contribution is 7.13. The lowest BCUT2D eigenvalue weighted by Crippen LogP contribution is -2.12. The number of thiophene rings is 1. The van der Waals surface area contributed by atoms with E-state index in [0.717, 1.165) is 28.9 Å². The van der Waals surface area contributed by atoms with Crippen LogP contribution in [0.15, 0.2) is 47.5 Å². The van der Waals surface area contributed by atoms with Crippen molar-refractivity contribution in [3.63, 3.8) is 0 Å². The smallest absolute Gasteiger partial charge is 0.416 e. The highest BCUT2D eigenvalue weighted by Crippen LogP contribution is 2.30. The number of benzene rings is 1. The highest BCUT2D eigenvalue weighted by Gasteiger charge is 2.13. The zero-order valence-corrected chi connectivity index (χ0v) is 11.6. The summed E-state index contributed by atoms with van der Waals surface area (Å²) in [6.45, 7) is 0. The fraction of sp³-hybridized carbons (Fsp3) is 0.133. The second kappa shape index (κ2) is 5.38. The number of hydrogen-bond donors (Lipinski definition) is 2. The lowest BCUT2D eigenvalue weighted by atomic mass is 10.1. The number of hydrogen-bond acceptors (Lipinski definition) is 4. The lowest BCUT2D eigenvalue weighted by molar-refractivity contribution is 0.200. The molecule has 1 aliphatic carbocycles. The number of nitrogens with two attached hydrogens (primary N) is 1. The fourth-order valence-electron chi connectivity index (χ4n) is 1.73. The Hall–Kier alpha value is -2.27. The molecule has 3 rings (SSSR count). The molecular formula is C15H14N2O2S. The maximum Gasteiger partial charge on any atom is 0.416 e. The maximum atomic E-state index is 11.7. The Bertz CT molecular complexity index is 657. The van der Waals surface area contributed by atoms with Crippen LogP contribution in [0.5, 0.6) is 0 Å². The predicted octanol–water partition coefficient (Wildman–Crippen LogP) is 4.22. The summed E-state index contributed by atoms with van der Waals surface area (Å²) in [5.74, 6) is 0. The van der Waals surface area contributed by atoms with Crippen LogP contribution >= 0.6 is 11.3 Å². The highest BCUT2D eigenvalue weighted by atomic mass is 32.1. The molecule has 0 radical (unpaired) electrons. The van der Waals surface area contributed by atoms with E-state index in [1.165, 1.54) is 6.26 Å². The minimum absolute atomic E-state index is 0.514. The van der Waals surface area contributed by atoms with Crippen molar-refractivity contribution < 1.29 is 9.53 Å². The van der Waals surface area contributed by atoms with Gasteiger partial charge in [0.25, 0.3) is 0 Å². The molecule has 3 N–H and O–H groups in total. The van der Waals surface area contributed by atoms with Crippen LogP contribution in [0, 0.1) is 0 Å². The average molecular weight is 286 g/mol. The molecule has 0 saturated heterocycles. The fourth-order valence-corrected chi connectivity index (χ4v) is 2.45. The van der Waals surface area contributed by atoms with Crippen molar-refractivity contribution in [3.05, 3.63) is 47.5 Å². The monoisotopic (exact) mass is 286 g/mol. The molecule has 102 valence electrons. The van der Waals surface area contributed by atoms with Crippen LogP contribution in [-0.4, -0.2) is 6.09 Å². The zero-order valence-electron chi connectivity index (χ0n) is 10.8. The normalized spacial score (nSPS) is 12.9. The number of nitrogens with one attached hydrogen (secondary N) is 1. The Kier molecular flexibility index (Phi) is 3.43. The third-order valence-electron chi connectivity index (χ3n) is 2.97. The van der Waals surface area contributed by atoms with E-state index in [1.807, 2.05) is 29.6 Å². The Morgan fingerprint density at radius 2 is 2.20 bits per heavy atom. The van der Waals surface area contributed by atoms with Crippen molar-refractivity contribution in [2.24, 2.45) is 0 Å². The summed E-state index contributed by atoms with van der Waals surface area (Å²) >= 11 is 1.64. The molecular weight excluding hydrogens is 272 g/mol. The Morgan fingerprint density at radius 3 is 2.90 bits per heavy atom. The van der Waals surface area contributed by atoms with E-state index in [-0.39, 0.29) is 0 Å². The van der Waals surface area contributed by atoms with Crippen molar-refractivity contribution >= 4 is 28.8 Å². The Balaban J connectivity index is 1.76. The van der Waals surface area contributed by atoms with Crippen LogP contribution in [-0.2, 0) is 4.74 Å². The molecule has 1 saturated carbocycles. The van der Waals surface area contributed by atoms with E-state index in [1.54, 1.807) is 17.4 Å². The number of allylic oxidation sites excluding steroid dienone is 1. The van der Waals surface area contributed by atoms with E-state index in [4.69, 9.17) is 10.5 Å². The van der Waals surface area contributed by atoms with Gasteiger partial charge in [-0.05, 0) is 47.6 Å². The second-order valence-electron chi connectivity index (χ2n) is 4.59. The third kappa shape index (κ3) is 3.00. The number of carbonyl (C=O) groups is 1. The van der Waals surface area contributed by atoms with E-state index >= 15 is 0 Å². The third-order valence-corrected chi connectivity index (χ3v) is 3.89. The first-order valence-corrected chi connectivity index (χ1v) is 7.19. The topological polar surface area (TPSA) is 64.3 Å². The number of anilines is 2. The van der Waals surface area contributed by atoms with E-state index in [0.29, 0.717) is 11.4 Å². The van der Waals surface area contributed by atoms with Crippen LogP contribution in [0.2, 0.25) is 0 Å². The number of nitrogen functional groups attached to an aromatic ring is 1. The molecule has 20 heavy (non-hydrogen) atoms. The lowest BCUT2D eigenvalue weighted by Gasteiger charge is -2.09. The molecule has 1 aromatic carbocycles. The van der Waals surface area contributed by atoms with Gasteiger partial charge in [0.2, 0.25) is 0 Å². The summed E-state index contributed by atoms with van der Waals surface area (Å²) in [4.78, 5) is 12.8. The van der Waals surface area contributed by atoms with Gasteiger partial charge < -0.3 is 10.5 Å². The van der Waals surface area contributed by atoms with E-state index < -0.39 is 6.09 Å². The van der Waals surface area contributed by atoms with Crippen LogP contribution in [0.1, 0.15) is 12.8 Å². The SMILES string of the molecule is Nc1ccc(-c2cccs2)cc1NC(=O)OC=C1CC1. The Morgan fingerprint density at radius 1 is 1.35 bits per heavy atom. The van der Waals surface area contributed by atoms with Crippen molar-refractivity contribution in [2.75, 3.05) is 11.1 Å². The minimum atomic E-state index is -0.514. The molecule has 1 heterocycles. The van der Waals surface area contributed by atoms with Crippen LogP contribution in [0.25, 0.3) is 10.4 Å². The van der Waals surface area contributed by atoms with E-state index in [2.05, 4.69) is 5.32 Å². The standard InChI is InChI=1S/C15H14N2O2S/c16-12-6-5-11(14-2-1-7-20-14)8-13(12)17-15(18)19-9-10-3-4-10/h1-2,5-9H,3-4,16H2,(H,17,18). The summed E-state index contributed by atoms with van der Waals surface area (Å²) in [6, 6.07) is 9.58. The molecule has 1 amide bonds. The molecule has 0 unspecified atom stereocenters. The molecule has 4 nitrogen and oxygen atoms in total. The van der Waals surface area contributed by atoms with Crippen LogP contribution < -0.4 is 11.1 Å². The van der Waals surface area contributed by atoms with Gasteiger partial charge in [0.1, 0.15) is 0 Å². The molecule has 1 fully saturated rings. The quantitative estimate of drug-likeness (QED) is 0.655. The first-order valence-electron chi connectivity index (χ1n) is 6.31. The van der Waals surface area contributed by atoms with Gasteiger partial charge in [0.15, 0.2) is 0 Å². The summed E-state index contributed by atoms with van der Waals surface area (Å²) in [6.07, 6.45) is 3.03. The molecule has 0 aliphatic heterocycles. The summed E-state index contributed by atoms with van der Waals surface area (Å²) in [7, 11) is 0. The van der Waals surface area contributed by atoms with Crippen LogP contribution in [0.3, 0.4) is 0 Å². The first kappa shape index (κ1) is 12.7. The summed E-state index contributed by atoms with van der Waals surface area (Å²) in [5, 5.41) is 4.68. The average Bonchev–Trinajstić information content (AvgIpc) is 3.11.